The summed E-state index contributed by atoms with van der Waals surface area (Å²) in [6.07, 6.45) is 0. The molecule has 3 nitrogen and oxygen atoms in total. The minimum atomic E-state index is -0.0900. The molecule has 0 amide bonds. The second kappa shape index (κ2) is 11.0. The maximum Gasteiger partial charge on any atom is 0.273 e. The number of fused-ring (bicyclic) bond motifs is 17. The van der Waals surface area contributed by atoms with Crippen molar-refractivity contribution < 1.29 is 9.47 Å². The first-order valence-electron chi connectivity index (χ1n) is 20.3. The van der Waals surface area contributed by atoms with E-state index in [4.69, 9.17) is 9.47 Å². The van der Waals surface area contributed by atoms with E-state index in [9.17, 15) is 0 Å². The van der Waals surface area contributed by atoms with Gasteiger partial charge in [0.1, 0.15) is 23.0 Å². The van der Waals surface area contributed by atoms with Crippen LogP contribution in [0.4, 0.5) is 0 Å². The second-order valence-corrected chi connectivity index (χ2v) is 20.2. The Morgan fingerprint density at radius 3 is 2.19 bits per heavy atom. The van der Waals surface area contributed by atoms with Crippen LogP contribution in [0, 0.1) is 6.92 Å². The molecule has 13 rings (SSSR count). The summed E-state index contributed by atoms with van der Waals surface area (Å²) in [6, 6.07) is 45.5. The first-order chi connectivity index (χ1) is 28.1. The fourth-order valence-corrected chi connectivity index (χ4v) is 13.0. The van der Waals surface area contributed by atoms with Crippen LogP contribution in [0.3, 0.4) is 0 Å². The molecule has 0 radical (unpaired) electrons. The Labute approximate surface area is 345 Å². The van der Waals surface area contributed by atoms with Gasteiger partial charge in [-0.05, 0) is 99.7 Å². The van der Waals surface area contributed by atoms with Gasteiger partial charge in [0.2, 0.25) is 0 Å². The van der Waals surface area contributed by atoms with Crippen molar-refractivity contribution in [1.82, 2.24) is 4.57 Å². The van der Waals surface area contributed by atoms with Crippen LogP contribution in [-0.4, -0.2) is 11.3 Å². The van der Waals surface area contributed by atoms with Gasteiger partial charge in [-0.2, -0.15) is 0 Å². The van der Waals surface area contributed by atoms with Gasteiger partial charge in [-0.25, -0.2) is 0 Å². The van der Waals surface area contributed by atoms with E-state index in [-0.39, 0.29) is 17.5 Å². The van der Waals surface area contributed by atoms with Gasteiger partial charge in [0.15, 0.2) is 0 Å². The number of benzene rings is 7. The van der Waals surface area contributed by atoms with E-state index in [1.807, 2.05) is 22.7 Å². The largest absolute Gasteiger partial charge is 0.458 e. The third kappa shape index (κ3) is 4.14. The third-order valence-corrected chi connectivity index (χ3v) is 15.7. The molecule has 10 aromatic rings. The molecular formula is C52H38BNO2S2. The lowest BCUT2D eigenvalue weighted by molar-refractivity contribution is 0.470. The van der Waals surface area contributed by atoms with Crippen LogP contribution < -0.4 is 25.2 Å². The molecule has 6 heteroatoms. The van der Waals surface area contributed by atoms with Gasteiger partial charge >= 0.3 is 0 Å². The number of rotatable bonds is 1. The summed E-state index contributed by atoms with van der Waals surface area (Å²) in [4.78, 5) is 0. The highest BCUT2D eigenvalue weighted by Crippen LogP contribution is 2.54. The van der Waals surface area contributed by atoms with Crippen LogP contribution in [0.2, 0.25) is 0 Å². The molecule has 0 fully saturated rings. The van der Waals surface area contributed by atoms with Gasteiger partial charge < -0.3 is 14.0 Å². The van der Waals surface area contributed by atoms with E-state index in [2.05, 4.69) is 167 Å². The van der Waals surface area contributed by atoms with Crippen LogP contribution in [0.5, 0.6) is 23.0 Å². The third-order valence-electron chi connectivity index (χ3n) is 13.3. The maximum atomic E-state index is 7.23. The van der Waals surface area contributed by atoms with Crippen molar-refractivity contribution in [1.29, 1.82) is 0 Å². The van der Waals surface area contributed by atoms with Crippen molar-refractivity contribution in [3.05, 3.63) is 144 Å². The molecule has 2 aliphatic heterocycles. The van der Waals surface area contributed by atoms with Crippen LogP contribution in [-0.2, 0) is 10.8 Å². The number of para-hydroxylation sites is 1. The van der Waals surface area contributed by atoms with E-state index in [0.717, 1.165) is 34.0 Å². The number of hydrogen-bond donors (Lipinski definition) is 0. The van der Waals surface area contributed by atoms with E-state index in [1.54, 1.807) is 0 Å². The molecule has 3 aliphatic rings. The lowest BCUT2D eigenvalue weighted by atomic mass is 9.37. The van der Waals surface area contributed by atoms with Crippen LogP contribution >= 0.6 is 22.7 Å². The summed E-state index contributed by atoms with van der Waals surface area (Å²) < 4.78 is 21.8. The van der Waals surface area contributed by atoms with Crippen molar-refractivity contribution >= 4 is 97.2 Å². The number of aromatic nitrogens is 1. The first kappa shape index (κ1) is 33.2. The summed E-state index contributed by atoms with van der Waals surface area (Å²) in [5.74, 6) is 3.73. The van der Waals surface area contributed by atoms with Gasteiger partial charge in [0.25, 0.3) is 6.71 Å². The molecule has 58 heavy (non-hydrogen) atoms. The lowest BCUT2D eigenvalue weighted by Crippen LogP contribution is -2.56. The molecule has 0 atom stereocenters. The number of thiophene rings is 2. The Kier molecular flexibility index (Phi) is 6.30. The zero-order chi connectivity index (χ0) is 39.0. The highest BCUT2D eigenvalue weighted by Gasteiger charge is 2.44. The van der Waals surface area contributed by atoms with Gasteiger partial charge in [-0.15, -0.1) is 22.7 Å². The topological polar surface area (TPSA) is 23.4 Å². The fraction of sp³-hybridized carbons (Fsp3) is 0.154. The lowest BCUT2D eigenvalue weighted by Gasteiger charge is -2.32. The summed E-state index contributed by atoms with van der Waals surface area (Å²) >= 11 is 3.74. The quantitative estimate of drug-likeness (QED) is 0.155. The van der Waals surface area contributed by atoms with Crippen molar-refractivity contribution in [3.8, 4) is 39.8 Å². The summed E-state index contributed by atoms with van der Waals surface area (Å²) in [5.41, 5.74) is 13.8. The Bertz CT molecular complexity index is 3500. The molecule has 3 aromatic heterocycles. The number of ether oxygens (including phenoxy) is 2. The molecule has 1 aliphatic carbocycles. The molecule has 0 unspecified atom stereocenters. The molecule has 0 N–H and O–H groups in total. The predicted molar refractivity (Wildman–Crippen MR) is 248 cm³/mol. The second-order valence-electron chi connectivity index (χ2n) is 18.1. The summed E-state index contributed by atoms with van der Waals surface area (Å²) in [6.45, 7) is 13.7. The normalized spacial score (nSPS) is 14.8. The van der Waals surface area contributed by atoms with Gasteiger partial charge in [0, 0.05) is 52.0 Å². The van der Waals surface area contributed by atoms with E-state index < -0.39 is 0 Å². The van der Waals surface area contributed by atoms with Crippen molar-refractivity contribution in [2.45, 2.75) is 52.4 Å². The molecule has 0 saturated carbocycles. The van der Waals surface area contributed by atoms with Crippen molar-refractivity contribution in [2.24, 2.45) is 0 Å². The van der Waals surface area contributed by atoms with Gasteiger partial charge in [-0.1, -0.05) is 107 Å². The SMILES string of the molecule is Cc1cc2c3c(c1)Oc1c(cc(-n4c5ccccc5c5c6c(ccc54)C(C)(C)c4ccccc4-6)c4sc5ccccc5c14)B3c1sc3ccc(C(C)(C)C)cc3c1O2. The first-order valence-corrected chi connectivity index (χ1v) is 21.9. The minimum absolute atomic E-state index is 0.0192. The fourth-order valence-electron chi connectivity index (χ4n) is 10.6. The van der Waals surface area contributed by atoms with Gasteiger partial charge in [-0.3, -0.25) is 0 Å². The Morgan fingerprint density at radius 2 is 1.36 bits per heavy atom. The highest BCUT2D eigenvalue weighted by molar-refractivity contribution is 7.33. The molecule has 278 valence electrons. The molecule has 0 saturated heterocycles. The highest BCUT2D eigenvalue weighted by atomic mass is 32.1. The predicted octanol–water partition coefficient (Wildman–Crippen LogP) is 13.0. The van der Waals surface area contributed by atoms with E-state index in [0.29, 0.717) is 0 Å². The zero-order valence-corrected chi connectivity index (χ0v) is 34.8. The Hall–Kier alpha value is -5.82. The Balaban J connectivity index is 1.17. The van der Waals surface area contributed by atoms with Crippen molar-refractivity contribution in [2.75, 3.05) is 0 Å². The van der Waals surface area contributed by atoms with Crippen LogP contribution in [0.15, 0.2) is 121 Å². The molecule has 0 bridgehead atoms. The molecule has 5 heterocycles. The zero-order valence-electron chi connectivity index (χ0n) is 33.2. The van der Waals surface area contributed by atoms with E-state index in [1.165, 1.54) is 95.8 Å². The Morgan fingerprint density at radius 1 is 0.638 bits per heavy atom. The van der Waals surface area contributed by atoms with Crippen molar-refractivity contribution in [3.63, 3.8) is 0 Å². The average molecular weight is 784 g/mol. The molecular weight excluding hydrogens is 746 g/mol. The van der Waals surface area contributed by atoms with Crippen LogP contribution in [0.1, 0.15) is 56.9 Å². The van der Waals surface area contributed by atoms with Gasteiger partial charge in [0.05, 0.1) is 21.4 Å². The van der Waals surface area contributed by atoms with E-state index >= 15 is 0 Å². The minimum Gasteiger partial charge on any atom is -0.458 e. The monoisotopic (exact) mass is 783 g/mol. The number of nitrogens with zero attached hydrogens (tertiary/aromatic N) is 1. The maximum absolute atomic E-state index is 7.23. The smallest absolute Gasteiger partial charge is 0.273 e. The molecule has 7 aromatic carbocycles. The summed E-state index contributed by atoms with van der Waals surface area (Å²) in [7, 11) is 0. The molecule has 0 spiro atoms. The number of aryl methyl sites for hydroxylation is 1. The average Bonchev–Trinajstić information content (AvgIpc) is 3.94. The standard InChI is InChI=1S/C52H38BNO2S2/c1-27-23-39-46-40(24-27)56-48-35(53(46)50-47(55-39)32-25-28(51(2,3)4)19-22-42(32)58-50)26-38(49-45(48)31-15-9-12-18-41(31)57-49)54-36-17-11-8-14-30(36)44-37(54)21-20-34-43(44)29-13-7-10-16-33(29)52(34,5)6/h7-26H,1-6H3. The number of hydrogen-bond acceptors (Lipinski definition) is 4. The van der Waals surface area contributed by atoms with Crippen LogP contribution in [0.25, 0.3) is 68.9 Å². The summed E-state index contributed by atoms with van der Waals surface area (Å²) in [5, 5.41) is 6.21.